The van der Waals surface area contributed by atoms with Gasteiger partial charge in [-0.3, -0.25) is 0 Å². The highest BCUT2D eigenvalue weighted by atomic mass is 31.2. The molecule has 0 saturated heterocycles. The number of carbonyl (C=O) groups is 2. The highest BCUT2D eigenvalue weighted by Gasteiger charge is 2.23. The van der Waals surface area contributed by atoms with E-state index in [2.05, 4.69) is 18.5 Å². The molecule has 0 atom stereocenters. The Bertz CT molecular complexity index is 329. The van der Waals surface area contributed by atoms with E-state index in [-0.39, 0.29) is 0 Å². The number of hydrogen-bond donors (Lipinski definition) is 1. The van der Waals surface area contributed by atoms with E-state index in [0.717, 1.165) is 9.80 Å². The zero-order valence-corrected chi connectivity index (χ0v) is 12.0. The summed E-state index contributed by atoms with van der Waals surface area (Å²) in [7, 11) is 1.26. The van der Waals surface area contributed by atoms with Gasteiger partial charge < -0.3 is 24.2 Å². The molecule has 112 valence electrons. The summed E-state index contributed by atoms with van der Waals surface area (Å²) < 4.78 is 28.7. The first-order valence-electron chi connectivity index (χ1n) is 4.95. The van der Waals surface area contributed by atoms with Crippen molar-refractivity contribution in [2.75, 3.05) is 41.8 Å². The minimum absolute atomic E-state index is 0.751. The summed E-state index contributed by atoms with van der Waals surface area (Å²) in [5, 5.41) is 0. The SMILES string of the molecule is CN(C)C(=O)OCOP(=O)(O)OCOC(=O)N(C)C. The molecule has 19 heavy (non-hydrogen) atoms. The third-order valence-electron chi connectivity index (χ3n) is 1.53. The van der Waals surface area contributed by atoms with E-state index < -0.39 is 33.6 Å². The maximum atomic E-state index is 11.2. The standard InChI is InChI=1S/C8H17N2O8P/c1-9(2)7(11)15-5-17-19(13,14)18-6-16-8(12)10(3)4/h5-6H2,1-4H3,(H,13,14). The number of amides is 2. The van der Waals surface area contributed by atoms with Gasteiger partial charge in [-0.05, 0) is 0 Å². The van der Waals surface area contributed by atoms with Gasteiger partial charge in [-0.25, -0.2) is 23.2 Å². The van der Waals surface area contributed by atoms with Crippen molar-refractivity contribution in [1.82, 2.24) is 9.80 Å². The third kappa shape index (κ3) is 8.38. The van der Waals surface area contributed by atoms with Gasteiger partial charge in [0.15, 0.2) is 0 Å². The molecule has 0 bridgehead atoms. The number of carbonyl (C=O) groups excluding carboxylic acids is 2. The number of nitrogens with zero attached hydrogens (tertiary/aromatic N) is 2. The Labute approximate surface area is 110 Å². The first kappa shape index (κ1) is 17.6. The fourth-order valence-corrected chi connectivity index (χ4v) is 1.03. The number of phosphoric acid groups is 1. The number of phosphoric ester groups is 1. The normalized spacial score (nSPS) is 10.8. The van der Waals surface area contributed by atoms with Crippen LogP contribution < -0.4 is 0 Å². The lowest BCUT2D eigenvalue weighted by atomic mass is 10.9. The van der Waals surface area contributed by atoms with Crippen molar-refractivity contribution in [1.29, 1.82) is 0 Å². The van der Waals surface area contributed by atoms with Crippen LogP contribution >= 0.6 is 7.82 Å². The molecule has 2 amide bonds. The molecule has 0 aromatic carbocycles. The topological polar surface area (TPSA) is 115 Å². The van der Waals surface area contributed by atoms with Gasteiger partial charge >= 0.3 is 20.0 Å². The Morgan fingerprint density at radius 3 is 1.53 bits per heavy atom. The van der Waals surface area contributed by atoms with Crippen molar-refractivity contribution in [3.8, 4) is 0 Å². The van der Waals surface area contributed by atoms with E-state index in [1.54, 1.807) is 0 Å². The summed E-state index contributed by atoms with van der Waals surface area (Å²) in [5.41, 5.74) is 0. The highest BCUT2D eigenvalue weighted by molar-refractivity contribution is 7.47. The minimum atomic E-state index is -4.46. The van der Waals surface area contributed by atoms with Gasteiger partial charge in [0.25, 0.3) is 0 Å². The molecule has 11 heteroatoms. The van der Waals surface area contributed by atoms with Crippen LogP contribution in [0.2, 0.25) is 0 Å². The minimum Gasteiger partial charge on any atom is -0.422 e. The zero-order chi connectivity index (χ0) is 15.1. The third-order valence-corrected chi connectivity index (χ3v) is 2.39. The van der Waals surface area contributed by atoms with E-state index >= 15 is 0 Å². The van der Waals surface area contributed by atoms with Gasteiger partial charge in [-0.15, -0.1) is 0 Å². The molecule has 0 saturated carbocycles. The molecule has 0 aliphatic rings. The van der Waals surface area contributed by atoms with Crippen LogP contribution in [0, 0.1) is 0 Å². The fraction of sp³-hybridized carbons (Fsp3) is 0.750. The lowest BCUT2D eigenvalue weighted by Crippen LogP contribution is -2.24. The molecular weight excluding hydrogens is 283 g/mol. The highest BCUT2D eigenvalue weighted by Crippen LogP contribution is 2.42. The van der Waals surface area contributed by atoms with E-state index in [1.165, 1.54) is 28.2 Å². The predicted octanol–water partition coefficient (Wildman–Crippen LogP) is 0.431. The van der Waals surface area contributed by atoms with Crippen LogP contribution in [0.4, 0.5) is 9.59 Å². The molecule has 0 radical (unpaired) electrons. The molecule has 10 nitrogen and oxygen atoms in total. The molecule has 0 unspecified atom stereocenters. The smallest absolute Gasteiger partial charge is 0.422 e. The maximum Gasteiger partial charge on any atom is 0.478 e. The Morgan fingerprint density at radius 1 is 0.947 bits per heavy atom. The lowest BCUT2D eigenvalue weighted by Gasteiger charge is -2.15. The van der Waals surface area contributed by atoms with Crippen molar-refractivity contribution in [2.24, 2.45) is 0 Å². The predicted molar refractivity (Wildman–Crippen MR) is 62.1 cm³/mol. The van der Waals surface area contributed by atoms with Crippen LogP contribution in [0.15, 0.2) is 0 Å². The summed E-state index contributed by atoms with van der Waals surface area (Å²) in [6.45, 7) is -1.54. The molecule has 0 spiro atoms. The van der Waals surface area contributed by atoms with Crippen LogP contribution in [-0.4, -0.2) is 68.7 Å². The van der Waals surface area contributed by atoms with E-state index in [4.69, 9.17) is 4.89 Å². The van der Waals surface area contributed by atoms with E-state index in [9.17, 15) is 14.2 Å². The molecule has 0 rings (SSSR count). The Hall–Kier alpha value is -1.35. The molecule has 1 N–H and O–H groups in total. The van der Waals surface area contributed by atoms with Gasteiger partial charge in [0.2, 0.25) is 13.6 Å². The van der Waals surface area contributed by atoms with Gasteiger partial charge in [-0.1, -0.05) is 0 Å². The van der Waals surface area contributed by atoms with Gasteiger partial charge in [0.1, 0.15) is 0 Å². The molecule has 0 aliphatic heterocycles. The zero-order valence-electron chi connectivity index (χ0n) is 11.1. The number of hydrogen-bond acceptors (Lipinski definition) is 7. The van der Waals surface area contributed by atoms with Crippen LogP contribution in [-0.2, 0) is 23.1 Å². The first-order valence-corrected chi connectivity index (χ1v) is 6.45. The second-order valence-electron chi connectivity index (χ2n) is 3.57. The summed E-state index contributed by atoms with van der Waals surface area (Å²) in [6, 6.07) is 0. The Morgan fingerprint density at radius 2 is 1.26 bits per heavy atom. The molecular formula is C8H17N2O8P. The first-order chi connectivity index (χ1) is 8.65. The van der Waals surface area contributed by atoms with E-state index in [0.29, 0.717) is 0 Å². The van der Waals surface area contributed by atoms with Gasteiger partial charge in [0, 0.05) is 28.2 Å². The van der Waals surface area contributed by atoms with E-state index in [1.807, 2.05) is 0 Å². The van der Waals surface area contributed by atoms with Crippen molar-refractivity contribution in [3.63, 3.8) is 0 Å². The second-order valence-corrected chi connectivity index (χ2v) is 5.03. The van der Waals surface area contributed by atoms with Crippen LogP contribution in [0.5, 0.6) is 0 Å². The molecule has 0 heterocycles. The number of ether oxygens (including phenoxy) is 2. The second kappa shape index (κ2) is 7.95. The molecule has 0 fully saturated rings. The average Bonchev–Trinajstić information content (AvgIpc) is 2.27. The van der Waals surface area contributed by atoms with Crippen molar-refractivity contribution in [2.45, 2.75) is 0 Å². The molecule has 0 aromatic heterocycles. The Balaban J connectivity index is 3.90. The largest absolute Gasteiger partial charge is 0.478 e. The van der Waals surface area contributed by atoms with Crippen molar-refractivity contribution >= 4 is 20.0 Å². The monoisotopic (exact) mass is 300 g/mol. The quantitative estimate of drug-likeness (QED) is 0.554. The average molecular weight is 300 g/mol. The summed E-state index contributed by atoms with van der Waals surface area (Å²) in [5.74, 6) is 0. The maximum absolute atomic E-state index is 11.2. The summed E-state index contributed by atoms with van der Waals surface area (Å²) in [4.78, 5) is 33.2. The van der Waals surface area contributed by atoms with Crippen LogP contribution in [0.1, 0.15) is 0 Å². The molecule has 0 aliphatic carbocycles. The van der Waals surface area contributed by atoms with Crippen molar-refractivity contribution < 1.29 is 37.6 Å². The van der Waals surface area contributed by atoms with Crippen LogP contribution in [0.25, 0.3) is 0 Å². The van der Waals surface area contributed by atoms with Gasteiger partial charge in [-0.2, -0.15) is 0 Å². The molecule has 0 aromatic rings. The fourth-order valence-electron chi connectivity index (χ4n) is 0.582. The number of rotatable bonds is 6. The lowest BCUT2D eigenvalue weighted by molar-refractivity contribution is -0.00920. The van der Waals surface area contributed by atoms with Gasteiger partial charge in [0.05, 0.1) is 0 Å². The summed E-state index contributed by atoms with van der Waals surface area (Å²) in [6.07, 6.45) is -1.50. The van der Waals surface area contributed by atoms with Crippen molar-refractivity contribution in [3.05, 3.63) is 0 Å². The van der Waals surface area contributed by atoms with Crippen LogP contribution in [0.3, 0.4) is 0 Å². The Kier molecular flexibility index (Phi) is 7.38. The summed E-state index contributed by atoms with van der Waals surface area (Å²) >= 11 is 0.